The maximum atomic E-state index is 12.5. The molecule has 0 spiro atoms. The molecule has 7 heteroatoms. The molecule has 1 aromatic carbocycles. The molecule has 3 aromatic rings. The predicted molar refractivity (Wildman–Crippen MR) is 115 cm³/mol. The first kappa shape index (κ1) is 18.9. The van der Waals surface area contributed by atoms with Crippen LogP contribution in [0, 0.1) is 13.8 Å². The molecule has 0 atom stereocenters. The number of amides is 1. The van der Waals surface area contributed by atoms with Crippen LogP contribution in [0.4, 0.5) is 17.5 Å². The van der Waals surface area contributed by atoms with Crippen LogP contribution in [0.3, 0.4) is 0 Å². The zero-order valence-corrected chi connectivity index (χ0v) is 16.7. The largest absolute Gasteiger partial charge is 0.353 e. The highest BCUT2D eigenvalue weighted by Crippen LogP contribution is 2.18. The van der Waals surface area contributed by atoms with Gasteiger partial charge in [-0.25, -0.2) is 15.0 Å². The molecule has 4 rings (SSSR count). The fraction of sp³-hybridized carbons (Fsp3) is 0.273. The van der Waals surface area contributed by atoms with Gasteiger partial charge in [-0.3, -0.25) is 4.79 Å². The molecule has 2 aromatic heterocycles. The van der Waals surface area contributed by atoms with Gasteiger partial charge in [-0.1, -0.05) is 18.2 Å². The fourth-order valence-corrected chi connectivity index (χ4v) is 3.34. The van der Waals surface area contributed by atoms with Crippen molar-refractivity contribution in [1.82, 2.24) is 15.0 Å². The van der Waals surface area contributed by atoms with Gasteiger partial charge in [-0.2, -0.15) is 0 Å². The second kappa shape index (κ2) is 8.26. The number of hydrogen-bond donors (Lipinski definition) is 1. The van der Waals surface area contributed by atoms with Gasteiger partial charge in [0.15, 0.2) is 0 Å². The number of anilines is 3. The molecule has 1 N–H and O–H groups in total. The van der Waals surface area contributed by atoms with Crippen LogP contribution in [-0.4, -0.2) is 47.0 Å². The van der Waals surface area contributed by atoms with Crippen molar-refractivity contribution in [1.29, 1.82) is 0 Å². The van der Waals surface area contributed by atoms with Crippen LogP contribution in [0.15, 0.2) is 55.0 Å². The lowest BCUT2D eigenvalue weighted by atomic mass is 10.1. The standard InChI is InChI=1S/C22H24N6O/c1-16-6-7-17(2)19(13-16)26-21(29)18-14-24-22(25-15-18)28-11-9-27(10-12-28)20-5-3-4-8-23-20/h3-8,13-15H,9-12H2,1-2H3,(H,26,29). The summed E-state index contributed by atoms with van der Waals surface area (Å²) in [5.41, 5.74) is 3.38. The first-order chi connectivity index (χ1) is 14.1. The van der Waals surface area contributed by atoms with E-state index in [2.05, 4.69) is 30.1 Å². The molecule has 1 aliphatic rings. The molecular formula is C22H24N6O. The third kappa shape index (κ3) is 4.34. The van der Waals surface area contributed by atoms with E-state index in [4.69, 9.17) is 0 Å². The minimum absolute atomic E-state index is 0.203. The molecule has 0 saturated carbocycles. The maximum Gasteiger partial charge on any atom is 0.258 e. The molecule has 29 heavy (non-hydrogen) atoms. The second-order valence-electron chi connectivity index (χ2n) is 7.21. The van der Waals surface area contributed by atoms with Crippen LogP contribution in [0.5, 0.6) is 0 Å². The van der Waals surface area contributed by atoms with E-state index in [0.717, 1.165) is 48.8 Å². The lowest BCUT2D eigenvalue weighted by Gasteiger charge is -2.35. The number of pyridine rings is 1. The van der Waals surface area contributed by atoms with E-state index in [1.54, 1.807) is 12.4 Å². The molecule has 148 valence electrons. The van der Waals surface area contributed by atoms with Crippen molar-refractivity contribution in [3.05, 3.63) is 71.7 Å². The summed E-state index contributed by atoms with van der Waals surface area (Å²) >= 11 is 0. The van der Waals surface area contributed by atoms with Crippen LogP contribution in [0.25, 0.3) is 0 Å². The van der Waals surface area contributed by atoms with Gasteiger partial charge in [0, 0.05) is 50.5 Å². The zero-order chi connectivity index (χ0) is 20.2. The van der Waals surface area contributed by atoms with E-state index in [1.807, 2.05) is 56.4 Å². The Hall–Kier alpha value is -3.48. The predicted octanol–water partition coefficient (Wildman–Crippen LogP) is 3.07. The lowest BCUT2D eigenvalue weighted by Crippen LogP contribution is -2.47. The Morgan fingerprint density at radius 2 is 1.66 bits per heavy atom. The topological polar surface area (TPSA) is 74.2 Å². The van der Waals surface area contributed by atoms with Crippen molar-refractivity contribution in [2.24, 2.45) is 0 Å². The number of carbonyl (C=O) groups excluding carboxylic acids is 1. The minimum Gasteiger partial charge on any atom is -0.353 e. The van der Waals surface area contributed by atoms with E-state index in [0.29, 0.717) is 11.5 Å². The van der Waals surface area contributed by atoms with Crippen LogP contribution >= 0.6 is 0 Å². The molecular weight excluding hydrogens is 364 g/mol. The first-order valence-electron chi connectivity index (χ1n) is 9.72. The molecule has 1 amide bonds. The first-order valence-corrected chi connectivity index (χ1v) is 9.72. The van der Waals surface area contributed by atoms with Crippen molar-refractivity contribution in [3.63, 3.8) is 0 Å². The van der Waals surface area contributed by atoms with Crippen LogP contribution in [0.2, 0.25) is 0 Å². The summed E-state index contributed by atoms with van der Waals surface area (Å²) in [5, 5.41) is 2.94. The number of aryl methyl sites for hydroxylation is 2. The van der Waals surface area contributed by atoms with Crippen molar-refractivity contribution in [2.75, 3.05) is 41.3 Å². The van der Waals surface area contributed by atoms with Crippen LogP contribution in [-0.2, 0) is 0 Å². The van der Waals surface area contributed by atoms with Gasteiger partial charge < -0.3 is 15.1 Å². The number of nitrogens with zero attached hydrogens (tertiary/aromatic N) is 5. The van der Waals surface area contributed by atoms with E-state index in [9.17, 15) is 4.79 Å². The Labute approximate surface area is 170 Å². The molecule has 7 nitrogen and oxygen atoms in total. The number of nitrogens with one attached hydrogen (secondary N) is 1. The normalized spacial score (nSPS) is 14.0. The van der Waals surface area contributed by atoms with Gasteiger partial charge in [0.1, 0.15) is 5.82 Å². The Kier molecular flexibility index (Phi) is 5.37. The molecule has 0 radical (unpaired) electrons. The van der Waals surface area contributed by atoms with Gasteiger partial charge in [0.05, 0.1) is 5.56 Å². The van der Waals surface area contributed by atoms with Gasteiger partial charge in [-0.15, -0.1) is 0 Å². The minimum atomic E-state index is -0.203. The molecule has 0 aliphatic carbocycles. The van der Waals surface area contributed by atoms with Gasteiger partial charge in [0.2, 0.25) is 5.95 Å². The summed E-state index contributed by atoms with van der Waals surface area (Å²) in [7, 11) is 0. The summed E-state index contributed by atoms with van der Waals surface area (Å²) in [6, 6.07) is 11.9. The Balaban J connectivity index is 1.38. The van der Waals surface area contributed by atoms with Crippen molar-refractivity contribution >= 4 is 23.4 Å². The molecule has 0 unspecified atom stereocenters. The van der Waals surface area contributed by atoms with E-state index in [-0.39, 0.29) is 5.91 Å². The lowest BCUT2D eigenvalue weighted by molar-refractivity contribution is 0.102. The average Bonchev–Trinajstić information content (AvgIpc) is 2.77. The van der Waals surface area contributed by atoms with Crippen LogP contribution in [0.1, 0.15) is 21.5 Å². The van der Waals surface area contributed by atoms with Gasteiger partial charge in [0.25, 0.3) is 5.91 Å². The summed E-state index contributed by atoms with van der Waals surface area (Å²) < 4.78 is 0. The number of hydrogen-bond acceptors (Lipinski definition) is 6. The number of benzene rings is 1. The summed E-state index contributed by atoms with van der Waals surface area (Å²) in [6.45, 7) is 7.31. The summed E-state index contributed by atoms with van der Waals surface area (Å²) in [5.74, 6) is 1.44. The quantitative estimate of drug-likeness (QED) is 0.740. The highest BCUT2D eigenvalue weighted by molar-refractivity contribution is 6.04. The highest BCUT2D eigenvalue weighted by atomic mass is 16.1. The molecule has 1 saturated heterocycles. The maximum absolute atomic E-state index is 12.5. The summed E-state index contributed by atoms with van der Waals surface area (Å²) in [4.78, 5) is 30.2. The number of rotatable bonds is 4. The number of carbonyl (C=O) groups is 1. The van der Waals surface area contributed by atoms with Crippen molar-refractivity contribution in [3.8, 4) is 0 Å². The third-order valence-electron chi connectivity index (χ3n) is 5.08. The number of aromatic nitrogens is 3. The van der Waals surface area contributed by atoms with E-state index < -0.39 is 0 Å². The average molecular weight is 388 g/mol. The molecule has 1 fully saturated rings. The monoisotopic (exact) mass is 388 g/mol. The Bertz CT molecular complexity index is 982. The second-order valence-corrected chi connectivity index (χ2v) is 7.21. The SMILES string of the molecule is Cc1ccc(C)c(NC(=O)c2cnc(N3CCN(c4ccccn4)CC3)nc2)c1. The van der Waals surface area contributed by atoms with E-state index in [1.165, 1.54) is 0 Å². The van der Waals surface area contributed by atoms with Crippen molar-refractivity contribution < 1.29 is 4.79 Å². The molecule has 3 heterocycles. The molecule has 1 aliphatic heterocycles. The van der Waals surface area contributed by atoms with Gasteiger partial charge >= 0.3 is 0 Å². The highest BCUT2D eigenvalue weighted by Gasteiger charge is 2.20. The Morgan fingerprint density at radius 3 is 2.34 bits per heavy atom. The number of piperazine rings is 1. The third-order valence-corrected chi connectivity index (χ3v) is 5.08. The molecule has 0 bridgehead atoms. The smallest absolute Gasteiger partial charge is 0.258 e. The van der Waals surface area contributed by atoms with Gasteiger partial charge in [-0.05, 0) is 43.2 Å². The van der Waals surface area contributed by atoms with Crippen LogP contribution < -0.4 is 15.1 Å². The zero-order valence-electron chi connectivity index (χ0n) is 16.7. The van der Waals surface area contributed by atoms with E-state index >= 15 is 0 Å². The summed E-state index contributed by atoms with van der Waals surface area (Å²) in [6.07, 6.45) is 4.99. The van der Waals surface area contributed by atoms with Crippen molar-refractivity contribution in [2.45, 2.75) is 13.8 Å². The Morgan fingerprint density at radius 1 is 0.931 bits per heavy atom. The fourth-order valence-electron chi connectivity index (χ4n) is 3.34.